The van der Waals surface area contributed by atoms with Gasteiger partial charge >= 0.3 is 0 Å². The number of hydrogen-bond donors (Lipinski definition) is 1. The van der Waals surface area contributed by atoms with Crippen molar-refractivity contribution >= 4 is 5.91 Å². The van der Waals surface area contributed by atoms with Crippen molar-refractivity contribution in [3.05, 3.63) is 11.7 Å². The van der Waals surface area contributed by atoms with Crippen LogP contribution in [0.2, 0.25) is 0 Å². The van der Waals surface area contributed by atoms with Crippen molar-refractivity contribution in [1.82, 2.24) is 20.4 Å². The van der Waals surface area contributed by atoms with Crippen LogP contribution in [0.1, 0.15) is 55.7 Å². The van der Waals surface area contributed by atoms with Crippen molar-refractivity contribution in [2.75, 3.05) is 13.6 Å². The topological polar surface area (TPSA) is 71.3 Å². The maximum Gasteiger partial charge on any atom is 0.295 e. The maximum absolute atomic E-state index is 12.1. The Labute approximate surface area is 107 Å². The van der Waals surface area contributed by atoms with E-state index >= 15 is 0 Å². The first-order valence-electron chi connectivity index (χ1n) is 6.47. The molecule has 2 unspecified atom stereocenters. The van der Waals surface area contributed by atoms with Gasteiger partial charge in [-0.2, -0.15) is 4.98 Å². The molecular formula is C12H20N4O2. The zero-order valence-corrected chi connectivity index (χ0v) is 11.1. The fourth-order valence-corrected chi connectivity index (χ4v) is 1.99. The van der Waals surface area contributed by atoms with E-state index in [2.05, 4.69) is 15.5 Å². The minimum absolute atomic E-state index is 0.105. The van der Waals surface area contributed by atoms with Crippen LogP contribution in [0.3, 0.4) is 0 Å². The third-order valence-corrected chi connectivity index (χ3v) is 3.56. The summed E-state index contributed by atoms with van der Waals surface area (Å²) in [4.78, 5) is 17.9. The Morgan fingerprint density at radius 3 is 3.06 bits per heavy atom. The summed E-state index contributed by atoms with van der Waals surface area (Å²) in [5.41, 5.74) is 0. The Hall–Kier alpha value is -1.43. The lowest BCUT2D eigenvalue weighted by molar-refractivity contribution is 0.0725. The Kier molecular flexibility index (Phi) is 3.96. The lowest BCUT2D eigenvalue weighted by Gasteiger charge is -2.21. The van der Waals surface area contributed by atoms with Gasteiger partial charge in [0.15, 0.2) is 0 Å². The molecule has 1 aromatic rings. The van der Waals surface area contributed by atoms with Gasteiger partial charge in [-0.1, -0.05) is 12.1 Å². The number of carbonyl (C=O) groups is 1. The van der Waals surface area contributed by atoms with E-state index in [-0.39, 0.29) is 23.8 Å². The van der Waals surface area contributed by atoms with Crippen molar-refractivity contribution in [3.8, 4) is 0 Å². The predicted molar refractivity (Wildman–Crippen MR) is 66.1 cm³/mol. The molecule has 0 aliphatic carbocycles. The molecule has 0 radical (unpaired) electrons. The predicted octanol–water partition coefficient (Wildman–Crippen LogP) is 1.36. The minimum atomic E-state index is -0.183. The van der Waals surface area contributed by atoms with Gasteiger partial charge in [-0.05, 0) is 32.7 Å². The van der Waals surface area contributed by atoms with Crippen molar-refractivity contribution in [3.63, 3.8) is 0 Å². The first-order chi connectivity index (χ1) is 8.63. The number of aromatic nitrogens is 2. The van der Waals surface area contributed by atoms with Crippen LogP contribution in [-0.4, -0.2) is 40.6 Å². The molecule has 1 aromatic heterocycles. The first-order valence-corrected chi connectivity index (χ1v) is 6.47. The number of amides is 1. The molecule has 18 heavy (non-hydrogen) atoms. The average Bonchev–Trinajstić information content (AvgIpc) is 3.05. The monoisotopic (exact) mass is 252 g/mol. The summed E-state index contributed by atoms with van der Waals surface area (Å²) in [7, 11) is 1.76. The van der Waals surface area contributed by atoms with E-state index in [0.717, 1.165) is 25.8 Å². The van der Waals surface area contributed by atoms with Crippen LogP contribution in [-0.2, 0) is 0 Å². The van der Waals surface area contributed by atoms with Gasteiger partial charge in [-0.25, -0.2) is 0 Å². The van der Waals surface area contributed by atoms with Gasteiger partial charge in [0.25, 0.3) is 11.7 Å². The molecule has 1 N–H and O–H groups in total. The van der Waals surface area contributed by atoms with Gasteiger partial charge in [-0.15, -0.1) is 0 Å². The van der Waals surface area contributed by atoms with Crippen LogP contribution in [0, 0.1) is 0 Å². The molecule has 1 saturated heterocycles. The average molecular weight is 252 g/mol. The van der Waals surface area contributed by atoms with Crippen LogP contribution in [0.4, 0.5) is 0 Å². The van der Waals surface area contributed by atoms with E-state index < -0.39 is 0 Å². The van der Waals surface area contributed by atoms with E-state index in [1.807, 2.05) is 13.8 Å². The first kappa shape index (κ1) is 13.0. The summed E-state index contributed by atoms with van der Waals surface area (Å²) in [5, 5.41) is 7.05. The highest BCUT2D eigenvalue weighted by molar-refractivity contribution is 5.90. The summed E-state index contributed by atoms with van der Waals surface area (Å²) >= 11 is 0. The van der Waals surface area contributed by atoms with Crippen LogP contribution >= 0.6 is 0 Å². The molecule has 100 valence electrons. The van der Waals surface area contributed by atoms with Crippen molar-refractivity contribution in [2.45, 2.75) is 45.2 Å². The Morgan fingerprint density at radius 1 is 1.67 bits per heavy atom. The zero-order chi connectivity index (χ0) is 13.1. The quantitative estimate of drug-likeness (QED) is 0.876. The molecule has 2 heterocycles. The molecular weight excluding hydrogens is 232 g/mol. The van der Waals surface area contributed by atoms with Crippen molar-refractivity contribution in [2.24, 2.45) is 0 Å². The summed E-state index contributed by atoms with van der Waals surface area (Å²) in [6, 6.07) is 0.275. The number of nitrogens with one attached hydrogen (secondary N) is 1. The summed E-state index contributed by atoms with van der Waals surface area (Å²) in [6.07, 6.45) is 2.98. The lowest BCUT2D eigenvalue weighted by atomic mass is 10.2. The van der Waals surface area contributed by atoms with Crippen molar-refractivity contribution < 1.29 is 9.32 Å². The molecule has 0 bridgehead atoms. The molecule has 0 spiro atoms. The second kappa shape index (κ2) is 5.48. The van der Waals surface area contributed by atoms with E-state index in [9.17, 15) is 4.79 Å². The number of nitrogens with zero attached hydrogens (tertiary/aromatic N) is 3. The number of rotatable bonds is 4. The van der Waals surface area contributed by atoms with Gasteiger partial charge in [0, 0.05) is 13.1 Å². The van der Waals surface area contributed by atoms with Gasteiger partial charge in [-0.3, -0.25) is 4.79 Å². The molecule has 0 aromatic carbocycles. The van der Waals surface area contributed by atoms with Crippen LogP contribution < -0.4 is 5.32 Å². The molecule has 2 rings (SSSR count). The van der Waals surface area contributed by atoms with Crippen LogP contribution in [0.25, 0.3) is 0 Å². The van der Waals surface area contributed by atoms with E-state index in [4.69, 9.17) is 4.52 Å². The minimum Gasteiger partial charge on any atom is -0.337 e. The summed E-state index contributed by atoms with van der Waals surface area (Å²) in [6.45, 7) is 5.00. The maximum atomic E-state index is 12.1. The van der Waals surface area contributed by atoms with Crippen LogP contribution in [0.5, 0.6) is 0 Å². The molecule has 6 nitrogen and oxygen atoms in total. The van der Waals surface area contributed by atoms with Gasteiger partial charge in [0.1, 0.15) is 0 Å². The Morgan fingerprint density at radius 2 is 2.44 bits per heavy atom. The van der Waals surface area contributed by atoms with E-state index in [0.29, 0.717) is 5.89 Å². The summed E-state index contributed by atoms with van der Waals surface area (Å²) in [5.74, 6) is 0.493. The molecule has 6 heteroatoms. The normalized spacial score (nSPS) is 20.9. The second-order valence-corrected chi connectivity index (χ2v) is 4.78. The van der Waals surface area contributed by atoms with Gasteiger partial charge < -0.3 is 14.7 Å². The Balaban J connectivity index is 2.07. The fourth-order valence-electron chi connectivity index (χ4n) is 1.99. The molecule has 1 fully saturated rings. The van der Waals surface area contributed by atoms with E-state index in [1.165, 1.54) is 0 Å². The zero-order valence-electron chi connectivity index (χ0n) is 11.1. The van der Waals surface area contributed by atoms with Crippen molar-refractivity contribution in [1.29, 1.82) is 0 Å². The third-order valence-electron chi connectivity index (χ3n) is 3.56. The Bertz CT molecular complexity index is 412. The largest absolute Gasteiger partial charge is 0.337 e. The summed E-state index contributed by atoms with van der Waals surface area (Å²) < 4.78 is 5.16. The van der Waals surface area contributed by atoms with E-state index in [1.54, 1.807) is 11.9 Å². The molecule has 0 saturated carbocycles. The molecule has 1 aliphatic heterocycles. The number of hydrogen-bond acceptors (Lipinski definition) is 5. The molecule has 1 aliphatic rings. The second-order valence-electron chi connectivity index (χ2n) is 4.78. The molecule has 1 amide bonds. The highest BCUT2D eigenvalue weighted by Gasteiger charge is 2.26. The highest BCUT2D eigenvalue weighted by atomic mass is 16.5. The third kappa shape index (κ3) is 2.53. The lowest BCUT2D eigenvalue weighted by Crippen LogP contribution is -2.35. The smallest absolute Gasteiger partial charge is 0.295 e. The van der Waals surface area contributed by atoms with Gasteiger partial charge in [0.2, 0.25) is 5.89 Å². The fraction of sp³-hybridized carbons (Fsp3) is 0.750. The van der Waals surface area contributed by atoms with Gasteiger partial charge in [0.05, 0.1) is 6.04 Å². The number of carbonyl (C=O) groups excluding carboxylic acids is 1. The van der Waals surface area contributed by atoms with Crippen LogP contribution in [0.15, 0.2) is 4.52 Å². The highest BCUT2D eigenvalue weighted by Crippen LogP contribution is 2.21. The SMILES string of the molecule is CCC(C)N(C)C(=O)c1noc(C2CCCN2)n1. The molecule has 2 atom stereocenters. The standard InChI is InChI=1S/C12H20N4O2/c1-4-8(2)16(3)12(17)10-14-11(18-15-10)9-6-5-7-13-9/h8-9,13H,4-7H2,1-3H3.